The number of rotatable bonds is 11. The first-order chi connectivity index (χ1) is 40.6. The van der Waals surface area contributed by atoms with Crippen molar-refractivity contribution in [2.45, 2.75) is 0 Å². The molecule has 0 N–H and O–H groups in total. The Morgan fingerprint density at radius 1 is 0.232 bits per heavy atom. The predicted octanol–water partition coefficient (Wildman–Crippen LogP) is 23.2. The van der Waals surface area contributed by atoms with Gasteiger partial charge in [0.05, 0.1) is 10.4 Å². The molecule has 3 aromatic heterocycles. The van der Waals surface area contributed by atoms with E-state index in [2.05, 4.69) is 306 Å². The molecule has 4 nitrogen and oxygen atoms in total. The average molecular weight is 1080 g/mol. The molecule has 16 rings (SSSR count). The van der Waals surface area contributed by atoms with Crippen LogP contribution in [0, 0.1) is 0 Å². The molecule has 0 fully saturated rings. The molecule has 0 amide bonds. The van der Waals surface area contributed by atoms with Crippen LogP contribution < -0.4 is 14.7 Å². The molecule has 3 heterocycles. The second kappa shape index (κ2) is 19.8. The van der Waals surface area contributed by atoms with Crippen molar-refractivity contribution < 1.29 is 4.42 Å². The Morgan fingerprint density at radius 3 is 1.46 bits per heavy atom. The van der Waals surface area contributed by atoms with Gasteiger partial charge in [-0.3, -0.25) is 0 Å². The number of hydrogen-bond donors (Lipinski definition) is 0. The maximum absolute atomic E-state index is 6.61. The molecule has 82 heavy (non-hydrogen) atoms. The first kappa shape index (κ1) is 47.7. The minimum Gasteiger partial charge on any atom is -0.456 e. The minimum atomic E-state index is 0.846. The van der Waals surface area contributed by atoms with Crippen LogP contribution in [0.25, 0.3) is 95.3 Å². The molecule has 386 valence electrons. The molecule has 0 atom stereocenters. The highest BCUT2D eigenvalue weighted by atomic mass is 32.1. The third-order valence-electron chi connectivity index (χ3n) is 16.0. The number of thiophene rings is 2. The van der Waals surface area contributed by atoms with E-state index in [0.29, 0.717) is 0 Å². The Hall–Kier alpha value is -10.2. The van der Waals surface area contributed by atoms with Crippen molar-refractivity contribution >= 4 is 147 Å². The van der Waals surface area contributed by atoms with Crippen LogP contribution >= 0.6 is 22.7 Å². The van der Waals surface area contributed by atoms with Crippen molar-refractivity contribution in [1.82, 2.24) is 0 Å². The highest BCUT2D eigenvalue weighted by molar-refractivity contribution is 7.27. The first-order valence-electron chi connectivity index (χ1n) is 27.7. The summed E-state index contributed by atoms with van der Waals surface area (Å²) in [5.74, 6) is 0. The van der Waals surface area contributed by atoms with Gasteiger partial charge in [0.1, 0.15) is 11.2 Å². The summed E-state index contributed by atoms with van der Waals surface area (Å²) in [5, 5.41) is 9.72. The Balaban J connectivity index is 0.891. The highest BCUT2D eigenvalue weighted by Gasteiger charge is 2.25. The van der Waals surface area contributed by atoms with Crippen molar-refractivity contribution in [3.63, 3.8) is 0 Å². The van der Waals surface area contributed by atoms with Crippen LogP contribution in [0.5, 0.6) is 0 Å². The Kier molecular flexibility index (Phi) is 11.5. The molecular formula is C76H49N3OS2. The van der Waals surface area contributed by atoms with Gasteiger partial charge in [-0.05, 0) is 148 Å². The summed E-state index contributed by atoms with van der Waals surface area (Å²) in [5.41, 5.74) is 15.9. The van der Waals surface area contributed by atoms with Gasteiger partial charge in [0.25, 0.3) is 0 Å². The molecule has 0 spiro atoms. The standard InChI is InChI=1S/C76H49N3OS2/c1-5-19-50(20-6-1)52-22-17-31-59(43-52)78(56-26-9-3-10-27-56)62-46-69-68-45-54(36-42-73(68)81-76(69)70(47-62)79(57-28-11-4-12-29-57)60-37-40-65-64-33-15-16-34-71(64)80-72(65)48-60)53-23-18-30-58(44-53)77(55-24-7-2-8-25-55)61-38-41-66-67-39-35-51-21-13-14-32-63(51)75(67)82-74(66)49-61/h1-49H. The monoisotopic (exact) mass is 1080 g/mol. The number of benzene rings is 13. The number of para-hydroxylation sites is 4. The topological polar surface area (TPSA) is 22.9 Å². The lowest BCUT2D eigenvalue weighted by molar-refractivity contribution is 0.669. The Morgan fingerprint density at radius 2 is 0.744 bits per heavy atom. The quantitative estimate of drug-likeness (QED) is 0.129. The zero-order valence-electron chi connectivity index (χ0n) is 44.4. The van der Waals surface area contributed by atoms with Gasteiger partial charge in [-0.15, -0.1) is 22.7 Å². The summed E-state index contributed by atoms with van der Waals surface area (Å²) in [7, 11) is 0. The molecule has 0 unspecified atom stereocenters. The highest BCUT2D eigenvalue weighted by Crippen LogP contribution is 2.51. The molecule has 16 aromatic rings. The van der Waals surface area contributed by atoms with E-state index in [4.69, 9.17) is 4.42 Å². The van der Waals surface area contributed by atoms with E-state index < -0.39 is 0 Å². The number of anilines is 9. The fourth-order valence-electron chi connectivity index (χ4n) is 12.1. The third-order valence-corrected chi connectivity index (χ3v) is 18.4. The van der Waals surface area contributed by atoms with Crippen molar-refractivity contribution in [1.29, 1.82) is 0 Å². The zero-order valence-corrected chi connectivity index (χ0v) is 46.0. The van der Waals surface area contributed by atoms with Gasteiger partial charge in [0.2, 0.25) is 0 Å². The van der Waals surface area contributed by atoms with E-state index in [1.165, 1.54) is 56.7 Å². The van der Waals surface area contributed by atoms with Crippen LogP contribution in [0.2, 0.25) is 0 Å². The molecule has 6 heteroatoms. The van der Waals surface area contributed by atoms with Gasteiger partial charge in [0.15, 0.2) is 0 Å². The van der Waals surface area contributed by atoms with Crippen LogP contribution in [0.15, 0.2) is 302 Å². The molecule has 0 saturated carbocycles. The average Bonchev–Trinajstić information content (AvgIpc) is 4.41. The zero-order chi connectivity index (χ0) is 54.1. The minimum absolute atomic E-state index is 0.846. The van der Waals surface area contributed by atoms with Gasteiger partial charge < -0.3 is 19.1 Å². The number of hydrogen-bond acceptors (Lipinski definition) is 6. The second-order valence-electron chi connectivity index (χ2n) is 20.9. The SMILES string of the molecule is c1ccc(-c2cccc(N(c3ccccc3)c3cc(N(c4ccccc4)c4ccc5c(c4)oc4ccccc45)c4sc5ccc(-c6cccc(N(c7ccccc7)c7ccc8c(c7)sc7c9ccccc9ccc87)c6)cc5c4c3)c2)cc1. The second-order valence-corrected chi connectivity index (χ2v) is 23.0. The lowest BCUT2D eigenvalue weighted by Crippen LogP contribution is -2.13. The van der Waals surface area contributed by atoms with Crippen LogP contribution in [0.3, 0.4) is 0 Å². The molecular weight excluding hydrogens is 1030 g/mol. The predicted molar refractivity (Wildman–Crippen MR) is 352 cm³/mol. The molecule has 0 aliphatic heterocycles. The molecule has 13 aromatic carbocycles. The van der Waals surface area contributed by atoms with Gasteiger partial charge in [0, 0.05) is 98.0 Å². The Bertz CT molecular complexity index is 5070. The summed E-state index contributed by atoms with van der Waals surface area (Å²) < 4.78 is 11.6. The summed E-state index contributed by atoms with van der Waals surface area (Å²) in [6, 6.07) is 108. The van der Waals surface area contributed by atoms with E-state index in [0.717, 1.165) is 89.8 Å². The van der Waals surface area contributed by atoms with Crippen LogP contribution in [0.4, 0.5) is 51.2 Å². The molecule has 0 aliphatic carbocycles. The maximum atomic E-state index is 6.61. The Labute approximate surface area is 482 Å². The van der Waals surface area contributed by atoms with Crippen molar-refractivity contribution in [3.05, 3.63) is 297 Å². The molecule has 0 saturated heterocycles. The van der Waals surface area contributed by atoms with Crippen molar-refractivity contribution in [3.8, 4) is 22.3 Å². The first-order valence-corrected chi connectivity index (χ1v) is 29.3. The lowest BCUT2D eigenvalue weighted by Gasteiger charge is -2.30. The summed E-state index contributed by atoms with van der Waals surface area (Å²) in [6.45, 7) is 0. The normalized spacial score (nSPS) is 11.7. The maximum Gasteiger partial charge on any atom is 0.137 e. The molecule has 0 radical (unpaired) electrons. The van der Waals surface area contributed by atoms with Gasteiger partial charge in [-0.1, -0.05) is 176 Å². The summed E-state index contributed by atoms with van der Waals surface area (Å²) in [4.78, 5) is 7.22. The van der Waals surface area contributed by atoms with Gasteiger partial charge >= 0.3 is 0 Å². The molecule has 0 aliphatic rings. The fourth-order valence-corrected chi connectivity index (χ4v) is 14.6. The van der Waals surface area contributed by atoms with Gasteiger partial charge in [-0.2, -0.15) is 0 Å². The van der Waals surface area contributed by atoms with Crippen molar-refractivity contribution in [2.24, 2.45) is 0 Å². The number of nitrogens with zero attached hydrogens (tertiary/aromatic N) is 3. The third kappa shape index (κ3) is 8.27. The van der Waals surface area contributed by atoms with E-state index in [1.54, 1.807) is 0 Å². The molecule has 0 bridgehead atoms. The largest absolute Gasteiger partial charge is 0.456 e. The fraction of sp³-hybridized carbons (Fsp3) is 0. The van der Waals surface area contributed by atoms with Crippen LogP contribution in [0.1, 0.15) is 0 Å². The summed E-state index contributed by atoms with van der Waals surface area (Å²) in [6.07, 6.45) is 0. The number of furan rings is 1. The van der Waals surface area contributed by atoms with Gasteiger partial charge in [-0.25, -0.2) is 0 Å². The smallest absolute Gasteiger partial charge is 0.137 e. The van der Waals surface area contributed by atoms with E-state index >= 15 is 0 Å². The number of fused-ring (bicyclic) bond motifs is 11. The van der Waals surface area contributed by atoms with E-state index in [-0.39, 0.29) is 0 Å². The van der Waals surface area contributed by atoms with Crippen molar-refractivity contribution in [2.75, 3.05) is 14.7 Å². The lowest BCUT2D eigenvalue weighted by atomic mass is 10.0. The van der Waals surface area contributed by atoms with Crippen LogP contribution in [-0.4, -0.2) is 0 Å². The summed E-state index contributed by atoms with van der Waals surface area (Å²) >= 11 is 3.72. The van der Waals surface area contributed by atoms with E-state index in [1.807, 2.05) is 28.7 Å². The van der Waals surface area contributed by atoms with E-state index in [9.17, 15) is 0 Å². The van der Waals surface area contributed by atoms with Crippen LogP contribution in [-0.2, 0) is 0 Å².